The van der Waals surface area contributed by atoms with Gasteiger partial charge >= 0.3 is 0 Å². The molecule has 1 aromatic carbocycles. The molecule has 0 bridgehead atoms. The number of halogens is 2. The van der Waals surface area contributed by atoms with E-state index in [0.717, 1.165) is 12.1 Å². The average Bonchev–Trinajstić information content (AvgIpc) is 3.34. The third-order valence-electron chi connectivity index (χ3n) is 4.55. The van der Waals surface area contributed by atoms with Crippen molar-refractivity contribution in [1.29, 1.82) is 0 Å². The van der Waals surface area contributed by atoms with Crippen LogP contribution in [0.2, 0.25) is 0 Å². The minimum Gasteiger partial charge on any atom is -0.419 e. The Morgan fingerprint density at radius 1 is 1.21 bits per heavy atom. The Labute approximate surface area is 160 Å². The molecule has 1 atom stereocenters. The molecule has 3 heterocycles. The Morgan fingerprint density at radius 3 is 2.82 bits per heavy atom. The lowest BCUT2D eigenvalue weighted by atomic mass is 10.2. The first-order valence-electron chi connectivity index (χ1n) is 8.61. The monoisotopic (exact) mass is 406 g/mol. The molecule has 0 saturated carbocycles. The largest absolute Gasteiger partial charge is 0.419 e. The van der Waals surface area contributed by atoms with Crippen molar-refractivity contribution in [2.75, 3.05) is 6.54 Å². The molecular weight excluding hydrogens is 390 g/mol. The molecule has 1 fully saturated rings. The zero-order chi connectivity index (χ0) is 19.7. The highest BCUT2D eigenvalue weighted by atomic mass is 32.2. The summed E-state index contributed by atoms with van der Waals surface area (Å²) in [4.78, 5) is 3.99. The topological polar surface area (TPSA) is 89.2 Å². The highest BCUT2D eigenvalue weighted by molar-refractivity contribution is 7.88. The van der Waals surface area contributed by atoms with Crippen LogP contribution in [0.15, 0.2) is 47.1 Å². The van der Waals surface area contributed by atoms with Crippen molar-refractivity contribution in [3.63, 3.8) is 0 Å². The standard InChI is InChI=1S/C18H16F2N4O3S/c19-14-6-5-13(15(20)9-14)11-28(25,26)24-8-2-4-16(24)18-23-22-17(27-18)12-3-1-7-21-10-12/h1,3,5-7,9-10,16H,2,4,8,11H2. The maximum atomic E-state index is 13.9. The average molecular weight is 406 g/mol. The van der Waals surface area contributed by atoms with Gasteiger partial charge in [0.05, 0.1) is 11.3 Å². The van der Waals surface area contributed by atoms with E-state index in [2.05, 4.69) is 15.2 Å². The van der Waals surface area contributed by atoms with E-state index in [1.165, 1.54) is 4.31 Å². The van der Waals surface area contributed by atoms with Crippen LogP contribution >= 0.6 is 0 Å². The molecule has 146 valence electrons. The van der Waals surface area contributed by atoms with Crippen molar-refractivity contribution >= 4 is 10.0 Å². The second-order valence-electron chi connectivity index (χ2n) is 6.45. The van der Waals surface area contributed by atoms with Crippen molar-refractivity contribution in [1.82, 2.24) is 19.5 Å². The van der Waals surface area contributed by atoms with E-state index in [0.29, 0.717) is 24.5 Å². The number of nitrogens with zero attached hydrogens (tertiary/aromatic N) is 4. The fourth-order valence-corrected chi connectivity index (χ4v) is 5.00. The minimum absolute atomic E-state index is 0.0892. The molecule has 3 aromatic rings. The highest BCUT2D eigenvalue weighted by Gasteiger charge is 2.38. The quantitative estimate of drug-likeness (QED) is 0.647. The lowest BCUT2D eigenvalue weighted by Crippen LogP contribution is -2.32. The van der Waals surface area contributed by atoms with Gasteiger partial charge in [0, 0.05) is 30.6 Å². The Morgan fingerprint density at radius 2 is 2.07 bits per heavy atom. The van der Waals surface area contributed by atoms with Crippen molar-refractivity contribution in [3.05, 3.63) is 65.8 Å². The molecule has 0 aliphatic carbocycles. The normalized spacial score (nSPS) is 17.9. The fourth-order valence-electron chi connectivity index (χ4n) is 3.21. The first kappa shape index (κ1) is 18.6. The van der Waals surface area contributed by atoms with Gasteiger partial charge in [-0.1, -0.05) is 6.07 Å². The summed E-state index contributed by atoms with van der Waals surface area (Å²) in [7, 11) is -3.87. The van der Waals surface area contributed by atoms with E-state index >= 15 is 0 Å². The van der Waals surface area contributed by atoms with E-state index in [1.807, 2.05) is 0 Å². The van der Waals surface area contributed by atoms with Crippen LogP contribution in [0.25, 0.3) is 11.5 Å². The van der Waals surface area contributed by atoms with Crippen molar-refractivity contribution in [2.24, 2.45) is 0 Å². The van der Waals surface area contributed by atoms with Crippen molar-refractivity contribution in [3.8, 4) is 11.5 Å². The zero-order valence-corrected chi connectivity index (χ0v) is 15.4. The molecule has 1 aliphatic heterocycles. The van der Waals surface area contributed by atoms with Crippen LogP contribution in [-0.4, -0.2) is 34.4 Å². The molecule has 0 spiro atoms. The van der Waals surface area contributed by atoms with E-state index in [1.54, 1.807) is 24.5 Å². The third-order valence-corrected chi connectivity index (χ3v) is 6.38. The summed E-state index contributed by atoms with van der Waals surface area (Å²) in [5.74, 6) is -1.79. The number of benzene rings is 1. The first-order chi connectivity index (χ1) is 13.4. The molecule has 1 unspecified atom stereocenters. The van der Waals surface area contributed by atoms with Crippen LogP contribution in [-0.2, 0) is 15.8 Å². The highest BCUT2D eigenvalue weighted by Crippen LogP contribution is 2.35. The number of aromatic nitrogens is 3. The second kappa shape index (κ2) is 7.36. The summed E-state index contributed by atoms with van der Waals surface area (Å²) in [5.41, 5.74) is 0.538. The molecule has 2 aromatic heterocycles. The van der Waals surface area contributed by atoms with Crippen molar-refractivity contribution < 1.29 is 21.6 Å². The molecule has 0 radical (unpaired) electrons. The number of rotatable bonds is 5. The van der Waals surface area contributed by atoms with E-state index in [9.17, 15) is 17.2 Å². The lowest BCUT2D eigenvalue weighted by molar-refractivity contribution is 0.331. The van der Waals surface area contributed by atoms with Gasteiger partial charge in [-0.3, -0.25) is 4.98 Å². The molecule has 7 nitrogen and oxygen atoms in total. The predicted molar refractivity (Wildman–Crippen MR) is 95.2 cm³/mol. The van der Waals surface area contributed by atoms with Crippen LogP contribution in [0, 0.1) is 11.6 Å². The van der Waals surface area contributed by atoms with Gasteiger partial charge < -0.3 is 4.42 Å². The Balaban J connectivity index is 1.58. The molecule has 0 amide bonds. The summed E-state index contributed by atoms with van der Waals surface area (Å²) in [5, 5.41) is 7.98. The van der Waals surface area contributed by atoms with Gasteiger partial charge in [-0.2, -0.15) is 4.31 Å². The van der Waals surface area contributed by atoms with E-state index in [-0.39, 0.29) is 23.9 Å². The summed E-state index contributed by atoms with van der Waals surface area (Å²) >= 11 is 0. The lowest BCUT2D eigenvalue weighted by Gasteiger charge is -2.21. The van der Waals surface area contributed by atoms with E-state index < -0.39 is 33.5 Å². The van der Waals surface area contributed by atoms with Gasteiger partial charge in [-0.15, -0.1) is 10.2 Å². The summed E-state index contributed by atoms with van der Waals surface area (Å²) in [6, 6.07) is 5.71. The van der Waals surface area contributed by atoms with Gasteiger partial charge in [0.1, 0.15) is 17.7 Å². The second-order valence-corrected chi connectivity index (χ2v) is 8.37. The van der Waals surface area contributed by atoms with Crippen LogP contribution < -0.4 is 0 Å². The smallest absolute Gasteiger partial charge is 0.249 e. The number of sulfonamides is 1. The molecule has 10 heteroatoms. The molecule has 0 N–H and O–H groups in total. The zero-order valence-electron chi connectivity index (χ0n) is 14.6. The fraction of sp³-hybridized carbons (Fsp3) is 0.278. The van der Waals surface area contributed by atoms with E-state index in [4.69, 9.17) is 4.42 Å². The molecule has 1 aliphatic rings. The Kier molecular flexibility index (Phi) is 4.90. The number of hydrogen-bond acceptors (Lipinski definition) is 6. The van der Waals surface area contributed by atoms with Crippen LogP contribution in [0.1, 0.15) is 30.3 Å². The summed E-state index contributed by atoms with van der Waals surface area (Å²) < 4.78 is 59.6. The molecular formula is C18H16F2N4O3S. The summed E-state index contributed by atoms with van der Waals surface area (Å²) in [6.07, 6.45) is 4.30. The van der Waals surface area contributed by atoms with Gasteiger partial charge in [-0.25, -0.2) is 17.2 Å². The minimum atomic E-state index is -3.87. The van der Waals surface area contributed by atoms with Gasteiger partial charge in [0.2, 0.25) is 21.8 Å². The first-order valence-corrected chi connectivity index (χ1v) is 10.2. The van der Waals surface area contributed by atoms with Crippen LogP contribution in [0.4, 0.5) is 8.78 Å². The number of hydrogen-bond donors (Lipinski definition) is 0. The van der Waals surface area contributed by atoms with Gasteiger partial charge in [0.15, 0.2) is 0 Å². The molecule has 1 saturated heterocycles. The SMILES string of the molecule is O=S(=O)(Cc1ccc(F)cc1F)N1CCCC1c1nnc(-c2cccnc2)o1. The maximum Gasteiger partial charge on any atom is 0.249 e. The molecule has 28 heavy (non-hydrogen) atoms. The van der Waals surface area contributed by atoms with Crippen LogP contribution in [0.3, 0.4) is 0 Å². The van der Waals surface area contributed by atoms with Crippen LogP contribution in [0.5, 0.6) is 0 Å². The summed E-state index contributed by atoms with van der Waals surface area (Å²) in [6.45, 7) is 0.264. The third kappa shape index (κ3) is 3.65. The molecule has 4 rings (SSSR count). The number of pyridine rings is 1. The maximum absolute atomic E-state index is 13.9. The Hall–Kier alpha value is -2.72. The van der Waals surface area contributed by atoms with Gasteiger partial charge in [-0.05, 0) is 31.0 Å². The predicted octanol–water partition coefficient (Wildman–Crippen LogP) is 3.08. The van der Waals surface area contributed by atoms with Gasteiger partial charge in [0.25, 0.3) is 0 Å². The van der Waals surface area contributed by atoms with Crippen molar-refractivity contribution in [2.45, 2.75) is 24.6 Å². The Bertz CT molecular complexity index is 1090.